The summed E-state index contributed by atoms with van der Waals surface area (Å²) in [5.74, 6) is 1.94. The largest absolute Gasteiger partial charge is 0.370 e. The number of nitrogens with two attached hydrogens (primary N) is 1. The number of nitrogens with zero attached hydrogens (tertiary/aromatic N) is 1. The molecule has 0 bridgehead atoms. The molecule has 0 radical (unpaired) electrons. The third-order valence-corrected chi connectivity index (χ3v) is 2.82. The maximum absolute atomic E-state index is 5.80. The zero-order chi connectivity index (χ0) is 10.6. The van der Waals surface area contributed by atoms with Crippen molar-refractivity contribution in [3.8, 4) is 0 Å². The lowest BCUT2D eigenvalue weighted by Gasteiger charge is -2.17. The van der Waals surface area contributed by atoms with E-state index in [4.69, 9.17) is 5.73 Å². The summed E-state index contributed by atoms with van der Waals surface area (Å²) < 4.78 is 0. The molecule has 1 aliphatic carbocycles. The van der Waals surface area contributed by atoms with Crippen molar-refractivity contribution in [2.24, 2.45) is 22.6 Å². The molecule has 0 heterocycles. The number of nitrogens with one attached hydrogen (secondary N) is 1. The van der Waals surface area contributed by atoms with Crippen molar-refractivity contribution in [2.75, 3.05) is 6.54 Å². The Morgan fingerprint density at radius 3 is 2.71 bits per heavy atom. The van der Waals surface area contributed by atoms with Crippen molar-refractivity contribution in [1.29, 1.82) is 0 Å². The molecule has 14 heavy (non-hydrogen) atoms. The second-order valence-electron chi connectivity index (χ2n) is 4.78. The molecule has 0 aliphatic heterocycles. The van der Waals surface area contributed by atoms with Gasteiger partial charge in [-0.15, -0.1) is 0 Å². The van der Waals surface area contributed by atoms with Crippen LogP contribution in [0.15, 0.2) is 4.99 Å². The molecule has 0 aromatic heterocycles. The van der Waals surface area contributed by atoms with Gasteiger partial charge in [-0.1, -0.05) is 27.2 Å². The monoisotopic (exact) mass is 197 g/mol. The molecule has 0 spiro atoms. The van der Waals surface area contributed by atoms with Gasteiger partial charge in [0.05, 0.1) is 0 Å². The van der Waals surface area contributed by atoms with Crippen LogP contribution in [0.25, 0.3) is 0 Å². The summed E-state index contributed by atoms with van der Waals surface area (Å²) in [5, 5.41) is 3.31. The van der Waals surface area contributed by atoms with E-state index in [0.29, 0.717) is 17.9 Å². The van der Waals surface area contributed by atoms with Gasteiger partial charge in [-0.2, -0.15) is 0 Å². The minimum atomic E-state index is 0.547. The van der Waals surface area contributed by atoms with Crippen LogP contribution < -0.4 is 11.1 Å². The topological polar surface area (TPSA) is 50.4 Å². The van der Waals surface area contributed by atoms with Crippen LogP contribution in [0.4, 0.5) is 0 Å². The standard InChI is InChI=1S/C11H23N3/c1-8(2)7-13-11(12)14-10-6-4-5-9(10)3/h8-10H,4-7H2,1-3H3,(H3,12,13,14). The van der Waals surface area contributed by atoms with Gasteiger partial charge in [0.1, 0.15) is 0 Å². The van der Waals surface area contributed by atoms with E-state index in [0.717, 1.165) is 12.5 Å². The zero-order valence-electron chi connectivity index (χ0n) is 9.59. The third kappa shape index (κ3) is 3.56. The first-order valence-electron chi connectivity index (χ1n) is 5.66. The van der Waals surface area contributed by atoms with Gasteiger partial charge in [0.25, 0.3) is 0 Å². The van der Waals surface area contributed by atoms with Crippen molar-refractivity contribution in [2.45, 2.75) is 46.1 Å². The summed E-state index contributed by atoms with van der Waals surface area (Å²) >= 11 is 0. The molecule has 82 valence electrons. The van der Waals surface area contributed by atoms with Crippen LogP contribution in [0.1, 0.15) is 40.0 Å². The first-order valence-corrected chi connectivity index (χ1v) is 5.66. The lowest BCUT2D eigenvalue weighted by molar-refractivity contribution is 0.484. The maximum Gasteiger partial charge on any atom is 0.188 e. The highest BCUT2D eigenvalue weighted by Gasteiger charge is 2.23. The van der Waals surface area contributed by atoms with Crippen LogP contribution in [-0.2, 0) is 0 Å². The Morgan fingerprint density at radius 2 is 2.21 bits per heavy atom. The quantitative estimate of drug-likeness (QED) is 0.535. The van der Waals surface area contributed by atoms with Crippen LogP contribution in [0.2, 0.25) is 0 Å². The molecule has 1 saturated carbocycles. The fourth-order valence-electron chi connectivity index (χ4n) is 1.88. The molecule has 0 saturated heterocycles. The van der Waals surface area contributed by atoms with E-state index < -0.39 is 0 Å². The highest BCUT2D eigenvalue weighted by Crippen LogP contribution is 2.24. The van der Waals surface area contributed by atoms with Crippen molar-refractivity contribution in [3.63, 3.8) is 0 Å². The van der Waals surface area contributed by atoms with Gasteiger partial charge in [-0.25, -0.2) is 0 Å². The van der Waals surface area contributed by atoms with Crippen molar-refractivity contribution in [1.82, 2.24) is 5.32 Å². The molecule has 3 N–H and O–H groups in total. The summed E-state index contributed by atoms with van der Waals surface area (Å²) in [5.41, 5.74) is 5.80. The molecule has 2 atom stereocenters. The van der Waals surface area contributed by atoms with Gasteiger partial charge in [0, 0.05) is 12.6 Å². The molecular weight excluding hydrogens is 174 g/mol. The fraction of sp³-hybridized carbons (Fsp3) is 0.909. The first-order chi connectivity index (χ1) is 6.59. The average molecular weight is 197 g/mol. The fourth-order valence-corrected chi connectivity index (χ4v) is 1.88. The minimum absolute atomic E-state index is 0.547. The Hall–Kier alpha value is -0.730. The second-order valence-corrected chi connectivity index (χ2v) is 4.78. The Bertz CT molecular complexity index is 199. The van der Waals surface area contributed by atoms with Crippen LogP contribution >= 0.6 is 0 Å². The number of hydrogen-bond acceptors (Lipinski definition) is 1. The molecule has 2 unspecified atom stereocenters. The van der Waals surface area contributed by atoms with Gasteiger partial charge >= 0.3 is 0 Å². The molecule has 3 heteroatoms. The van der Waals surface area contributed by atoms with Crippen LogP contribution in [0.3, 0.4) is 0 Å². The average Bonchev–Trinajstić information content (AvgIpc) is 2.49. The van der Waals surface area contributed by atoms with Crippen molar-refractivity contribution >= 4 is 5.96 Å². The lowest BCUT2D eigenvalue weighted by Crippen LogP contribution is -2.41. The van der Waals surface area contributed by atoms with E-state index in [2.05, 4.69) is 31.1 Å². The molecule has 1 aliphatic rings. The third-order valence-electron chi connectivity index (χ3n) is 2.82. The molecular formula is C11H23N3. The van der Waals surface area contributed by atoms with Crippen molar-refractivity contribution < 1.29 is 0 Å². The SMILES string of the molecule is CC(C)CN=C(N)NC1CCCC1C. The number of guanidine groups is 1. The number of rotatable bonds is 3. The van der Waals surface area contributed by atoms with Gasteiger partial charge in [0.15, 0.2) is 5.96 Å². The summed E-state index contributed by atoms with van der Waals surface area (Å²) in [4.78, 5) is 4.30. The predicted octanol–water partition coefficient (Wildman–Crippen LogP) is 1.74. The van der Waals surface area contributed by atoms with Gasteiger partial charge in [-0.3, -0.25) is 4.99 Å². The van der Waals surface area contributed by atoms with Crippen molar-refractivity contribution in [3.05, 3.63) is 0 Å². The Kier molecular flexibility index (Phi) is 4.23. The Balaban J connectivity index is 2.32. The maximum atomic E-state index is 5.80. The smallest absolute Gasteiger partial charge is 0.188 e. The van der Waals surface area contributed by atoms with Crippen LogP contribution in [0.5, 0.6) is 0 Å². The highest BCUT2D eigenvalue weighted by atomic mass is 15.1. The van der Waals surface area contributed by atoms with E-state index in [-0.39, 0.29) is 0 Å². The molecule has 3 nitrogen and oxygen atoms in total. The van der Waals surface area contributed by atoms with E-state index in [1.54, 1.807) is 0 Å². The van der Waals surface area contributed by atoms with Gasteiger partial charge < -0.3 is 11.1 Å². The van der Waals surface area contributed by atoms with Crippen LogP contribution in [0, 0.1) is 11.8 Å². The van der Waals surface area contributed by atoms with E-state index in [1.807, 2.05) is 0 Å². The normalized spacial score (nSPS) is 28.4. The van der Waals surface area contributed by atoms with E-state index in [9.17, 15) is 0 Å². The van der Waals surface area contributed by atoms with E-state index in [1.165, 1.54) is 19.3 Å². The zero-order valence-corrected chi connectivity index (χ0v) is 9.59. The molecule has 0 amide bonds. The number of hydrogen-bond donors (Lipinski definition) is 2. The summed E-state index contributed by atoms with van der Waals surface area (Å²) in [7, 11) is 0. The second kappa shape index (κ2) is 5.23. The van der Waals surface area contributed by atoms with Gasteiger partial charge in [-0.05, 0) is 24.7 Å². The minimum Gasteiger partial charge on any atom is -0.370 e. The summed E-state index contributed by atoms with van der Waals surface area (Å²) in [6.45, 7) is 7.39. The number of aliphatic imine (C=N–C) groups is 1. The lowest BCUT2D eigenvalue weighted by atomic mass is 10.1. The first kappa shape index (κ1) is 11.3. The molecule has 1 fully saturated rings. The molecule has 1 rings (SSSR count). The van der Waals surface area contributed by atoms with Gasteiger partial charge in [0.2, 0.25) is 0 Å². The molecule has 0 aromatic rings. The molecule has 0 aromatic carbocycles. The Labute approximate surface area is 87.2 Å². The summed E-state index contributed by atoms with van der Waals surface area (Å²) in [6, 6.07) is 0.547. The predicted molar refractivity (Wildman–Crippen MR) is 61.3 cm³/mol. The summed E-state index contributed by atoms with van der Waals surface area (Å²) in [6.07, 6.45) is 3.87. The Morgan fingerprint density at radius 1 is 1.50 bits per heavy atom. The van der Waals surface area contributed by atoms with E-state index >= 15 is 0 Å². The van der Waals surface area contributed by atoms with Crippen LogP contribution in [-0.4, -0.2) is 18.5 Å². The highest BCUT2D eigenvalue weighted by molar-refractivity contribution is 5.78.